The number of allylic oxidation sites excluding steroid dienone is 2. The highest BCUT2D eigenvalue weighted by molar-refractivity contribution is 7.80. The molecule has 4 rings (SSSR count). The first-order valence-corrected chi connectivity index (χ1v) is 14.5. The molecule has 0 spiro atoms. The lowest BCUT2D eigenvalue weighted by Crippen LogP contribution is -2.45. The molecule has 0 aromatic rings. The first kappa shape index (κ1) is 26.6. The number of hydrazone groups is 1. The number of nitrogens with zero attached hydrogens (tertiary/aromatic N) is 2. The number of hydrogen-bond acceptors (Lipinski definition) is 4. The Morgan fingerprint density at radius 3 is 2.60 bits per heavy atom. The van der Waals surface area contributed by atoms with Crippen molar-refractivity contribution < 1.29 is 5.21 Å². The number of rotatable bonds is 7. The van der Waals surface area contributed by atoms with Crippen molar-refractivity contribution in [3.8, 4) is 0 Å². The molecule has 4 aliphatic carbocycles. The molecule has 6 heteroatoms. The molecular weight excluding hydrogens is 452 g/mol. The summed E-state index contributed by atoms with van der Waals surface area (Å²) in [7, 11) is 1.81. The SMILES string of the molecule is CNC(=S)N/N=C/C1=C2C/C(=N/O)CC[C@]2(C)[C@H]2CC[C@]3(C)[C@@H]([C@H](C)CCCC(C)C)CC[C@H]3[C@H]12. The minimum Gasteiger partial charge on any atom is -0.411 e. The van der Waals surface area contributed by atoms with Gasteiger partial charge in [-0.2, -0.15) is 5.10 Å². The fourth-order valence-electron chi connectivity index (χ4n) is 8.87. The molecule has 35 heavy (non-hydrogen) atoms. The molecule has 0 radical (unpaired) electrons. The third kappa shape index (κ3) is 4.81. The zero-order valence-electron chi connectivity index (χ0n) is 22.9. The molecule has 3 fully saturated rings. The molecule has 0 aromatic carbocycles. The smallest absolute Gasteiger partial charge is 0.186 e. The van der Waals surface area contributed by atoms with Crippen LogP contribution in [0.4, 0.5) is 0 Å². The first-order valence-electron chi connectivity index (χ1n) is 14.1. The van der Waals surface area contributed by atoms with Crippen molar-refractivity contribution >= 4 is 29.3 Å². The average Bonchev–Trinajstić information content (AvgIpc) is 3.30. The van der Waals surface area contributed by atoms with E-state index in [1.54, 1.807) is 0 Å². The first-order chi connectivity index (χ1) is 16.7. The highest BCUT2D eigenvalue weighted by Crippen LogP contribution is 2.69. The molecule has 0 saturated heterocycles. The summed E-state index contributed by atoms with van der Waals surface area (Å²) in [5, 5.41) is 21.4. The van der Waals surface area contributed by atoms with Crippen LogP contribution in [0.3, 0.4) is 0 Å². The average molecular weight is 501 g/mol. The normalized spacial score (nSPS) is 38.5. The third-order valence-corrected chi connectivity index (χ3v) is 11.0. The van der Waals surface area contributed by atoms with Crippen LogP contribution in [0.25, 0.3) is 0 Å². The number of thiocarbonyl (C=S) groups is 1. The van der Waals surface area contributed by atoms with Gasteiger partial charge in [-0.15, -0.1) is 0 Å². The molecule has 0 aromatic heterocycles. The molecule has 0 unspecified atom stereocenters. The van der Waals surface area contributed by atoms with Crippen LogP contribution in [0.5, 0.6) is 0 Å². The Bertz CT molecular complexity index is 895. The van der Waals surface area contributed by atoms with Crippen molar-refractivity contribution in [1.82, 2.24) is 10.7 Å². The van der Waals surface area contributed by atoms with Crippen LogP contribution in [0.1, 0.15) is 98.8 Å². The Hall–Kier alpha value is -1.43. The van der Waals surface area contributed by atoms with Gasteiger partial charge < -0.3 is 10.5 Å². The lowest BCUT2D eigenvalue weighted by molar-refractivity contribution is -0.0122. The largest absolute Gasteiger partial charge is 0.411 e. The van der Waals surface area contributed by atoms with Gasteiger partial charge in [0.15, 0.2) is 5.11 Å². The number of oxime groups is 1. The molecule has 7 atom stereocenters. The molecule has 3 saturated carbocycles. The van der Waals surface area contributed by atoms with Crippen molar-refractivity contribution in [2.24, 2.45) is 56.6 Å². The van der Waals surface area contributed by atoms with Crippen LogP contribution in [0, 0.1) is 46.3 Å². The summed E-state index contributed by atoms with van der Waals surface area (Å²) in [5.74, 6) is 4.35. The van der Waals surface area contributed by atoms with Crippen LogP contribution in [0.2, 0.25) is 0 Å². The van der Waals surface area contributed by atoms with E-state index in [0.717, 1.165) is 42.7 Å². The molecule has 0 amide bonds. The van der Waals surface area contributed by atoms with E-state index >= 15 is 0 Å². The summed E-state index contributed by atoms with van der Waals surface area (Å²) >= 11 is 5.27. The minimum absolute atomic E-state index is 0.187. The molecule has 196 valence electrons. The summed E-state index contributed by atoms with van der Waals surface area (Å²) in [4.78, 5) is 0. The lowest BCUT2D eigenvalue weighted by Gasteiger charge is -2.52. The standard InChI is InChI=1S/C29H48N4OS/c1-18(2)8-7-9-19(3)22-10-11-23-26-21(17-31-32-27(35)30-6)25-16-20(33-34)12-14-29(25,5)24(26)13-15-28(22,23)4/h17-19,22-24,26,34H,7-16H2,1-6H3,(H2,30,32,35)/b31-17+,33-20+/t19-,22-,23+,24+,26+,28-,29-/m1/s1. The summed E-state index contributed by atoms with van der Waals surface area (Å²) < 4.78 is 0. The maximum atomic E-state index is 9.61. The molecule has 0 aliphatic heterocycles. The van der Waals surface area contributed by atoms with E-state index in [-0.39, 0.29) is 5.41 Å². The van der Waals surface area contributed by atoms with Gasteiger partial charge >= 0.3 is 0 Å². The molecule has 5 nitrogen and oxygen atoms in total. The maximum Gasteiger partial charge on any atom is 0.186 e. The van der Waals surface area contributed by atoms with Crippen molar-refractivity contribution in [3.05, 3.63) is 11.1 Å². The van der Waals surface area contributed by atoms with Crippen molar-refractivity contribution in [3.63, 3.8) is 0 Å². The maximum absolute atomic E-state index is 9.61. The molecule has 0 heterocycles. The van der Waals surface area contributed by atoms with E-state index in [9.17, 15) is 5.21 Å². The fraction of sp³-hybridized carbons (Fsp3) is 0.828. The van der Waals surface area contributed by atoms with Crippen LogP contribution >= 0.6 is 12.2 Å². The van der Waals surface area contributed by atoms with Crippen molar-refractivity contribution in [2.45, 2.75) is 98.8 Å². The Kier molecular flexibility index (Phi) is 8.00. The highest BCUT2D eigenvalue weighted by Gasteiger charge is 2.62. The second kappa shape index (κ2) is 10.5. The number of hydrogen-bond donors (Lipinski definition) is 3. The van der Waals surface area contributed by atoms with E-state index in [1.165, 1.54) is 56.1 Å². The predicted octanol–water partition coefficient (Wildman–Crippen LogP) is 6.92. The second-order valence-corrected chi connectivity index (χ2v) is 13.3. The lowest BCUT2D eigenvalue weighted by atomic mass is 9.52. The zero-order chi connectivity index (χ0) is 25.4. The van der Waals surface area contributed by atoms with Crippen LogP contribution in [-0.4, -0.2) is 29.3 Å². The molecule has 4 aliphatic rings. The van der Waals surface area contributed by atoms with E-state index < -0.39 is 0 Å². The Morgan fingerprint density at radius 1 is 1.14 bits per heavy atom. The summed E-state index contributed by atoms with van der Waals surface area (Å²) in [6.07, 6.45) is 14.3. The quantitative estimate of drug-likeness (QED) is 0.154. The molecular formula is C29H48N4OS. The molecule has 0 bridgehead atoms. The van der Waals surface area contributed by atoms with Gasteiger partial charge in [0.05, 0.1) is 11.9 Å². The van der Waals surface area contributed by atoms with Gasteiger partial charge in [0, 0.05) is 13.5 Å². The predicted molar refractivity (Wildman–Crippen MR) is 150 cm³/mol. The van der Waals surface area contributed by atoms with Crippen LogP contribution < -0.4 is 10.7 Å². The highest BCUT2D eigenvalue weighted by atomic mass is 32.1. The van der Waals surface area contributed by atoms with E-state index in [4.69, 9.17) is 12.2 Å². The van der Waals surface area contributed by atoms with Gasteiger partial charge in [0.25, 0.3) is 0 Å². The zero-order valence-corrected chi connectivity index (χ0v) is 23.7. The van der Waals surface area contributed by atoms with Gasteiger partial charge in [0.1, 0.15) is 0 Å². The minimum atomic E-state index is 0.187. The van der Waals surface area contributed by atoms with Gasteiger partial charge in [-0.3, -0.25) is 5.43 Å². The Morgan fingerprint density at radius 2 is 1.91 bits per heavy atom. The van der Waals surface area contributed by atoms with Gasteiger partial charge in [0.2, 0.25) is 0 Å². The number of nitrogens with one attached hydrogen (secondary N) is 2. The summed E-state index contributed by atoms with van der Waals surface area (Å²) in [5.41, 5.74) is 7.40. The van der Waals surface area contributed by atoms with E-state index in [0.29, 0.717) is 28.3 Å². The van der Waals surface area contributed by atoms with E-state index in [1.807, 2.05) is 7.05 Å². The van der Waals surface area contributed by atoms with Gasteiger partial charge in [-0.25, -0.2) is 0 Å². The fourth-order valence-corrected chi connectivity index (χ4v) is 8.92. The van der Waals surface area contributed by atoms with Crippen LogP contribution in [0.15, 0.2) is 21.4 Å². The third-order valence-electron chi connectivity index (χ3n) is 10.7. The van der Waals surface area contributed by atoms with Crippen LogP contribution in [-0.2, 0) is 0 Å². The summed E-state index contributed by atoms with van der Waals surface area (Å²) in [6.45, 7) is 12.3. The Labute approximate surface area is 218 Å². The van der Waals surface area contributed by atoms with Gasteiger partial charge in [-0.1, -0.05) is 64.6 Å². The monoisotopic (exact) mass is 500 g/mol. The Balaban J connectivity index is 1.64. The topological polar surface area (TPSA) is 69.0 Å². The number of fused-ring (bicyclic) bond motifs is 5. The second-order valence-electron chi connectivity index (χ2n) is 12.9. The van der Waals surface area contributed by atoms with Crippen molar-refractivity contribution in [2.75, 3.05) is 7.05 Å². The van der Waals surface area contributed by atoms with Gasteiger partial charge in [-0.05, 0) is 103 Å². The van der Waals surface area contributed by atoms with Crippen molar-refractivity contribution in [1.29, 1.82) is 0 Å². The summed E-state index contributed by atoms with van der Waals surface area (Å²) in [6, 6.07) is 0. The van der Waals surface area contributed by atoms with E-state index in [2.05, 4.69) is 61.8 Å². The molecule has 3 N–H and O–H groups in total.